The van der Waals surface area contributed by atoms with Gasteiger partial charge in [0.25, 0.3) is 0 Å². The molecule has 1 fully saturated rings. The highest BCUT2D eigenvalue weighted by atomic mass is 32.2. The lowest BCUT2D eigenvalue weighted by Crippen LogP contribution is -2.11. The fraction of sp³-hybridized carbons (Fsp3) is 0.429. The Balaban J connectivity index is 2.28. The molecular formula is C14H16O5S. The lowest BCUT2D eigenvalue weighted by atomic mass is 10.0. The molecule has 2 rings (SSSR count). The molecule has 0 N–H and O–H groups in total. The zero-order valence-corrected chi connectivity index (χ0v) is 12.2. The summed E-state index contributed by atoms with van der Waals surface area (Å²) >= 11 is 0. The molecule has 20 heavy (non-hydrogen) atoms. The lowest BCUT2D eigenvalue weighted by Gasteiger charge is -2.08. The number of carbonyl (C=O) groups is 2. The first-order valence-electron chi connectivity index (χ1n) is 6.27. The molecule has 0 radical (unpaired) electrons. The molecule has 0 atom stereocenters. The third-order valence-corrected chi connectivity index (χ3v) is 4.37. The summed E-state index contributed by atoms with van der Waals surface area (Å²) in [5, 5.41) is 0. The molecule has 0 aromatic heterocycles. The molecule has 1 aromatic carbocycles. The van der Waals surface area contributed by atoms with Crippen LogP contribution in [-0.4, -0.2) is 33.3 Å². The summed E-state index contributed by atoms with van der Waals surface area (Å²) in [6.45, 7) is 0. The second-order valence-corrected chi connectivity index (χ2v) is 6.96. The minimum absolute atomic E-state index is 0.0200. The van der Waals surface area contributed by atoms with Gasteiger partial charge in [0.1, 0.15) is 16.4 Å². The molecule has 0 amide bonds. The lowest BCUT2D eigenvalue weighted by molar-refractivity contribution is -0.119. The molecule has 1 aliphatic carbocycles. The van der Waals surface area contributed by atoms with E-state index in [-0.39, 0.29) is 40.1 Å². The van der Waals surface area contributed by atoms with Gasteiger partial charge in [0.15, 0.2) is 15.6 Å². The highest BCUT2D eigenvalue weighted by molar-refractivity contribution is 7.90. The average molecular weight is 296 g/mol. The highest BCUT2D eigenvalue weighted by Crippen LogP contribution is 2.31. The maximum absolute atomic E-state index is 12.0. The Morgan fingerprint density at radius 2 is 1.95 bits per heavy atom. The van der Waals surface area contributed by atoms with Crippen LogP contribution in [0.3, 0.4) is 0 Å². The predicted molar refractivity (Wildman–Crippen MR) is 72.8 cm³/mol. The van der Waals surface area contributed by atoms with Crippen molar-refractivity contribution >= 4 is 21.4 Å². The molecule has 108 valence electrons. The van der Waals surface area contributed by atoms with E-state index in [0.29, 0.717) is 0 Å². The number of ketones is 2. The molecule has 0 aliphatic heterocycles. The Morgan fingerprint density at radius 1 is 1.30 bits per heavy atom. The number of carbonyl (C=O) groups excluding carboxylic acids is 2. The third-order valence-electron chi connectivity index (χ3n) is 3.25. The van der Waals surface area contributed by atoms with Crippen LogP contribution in [0.1, 0.15) is 29.6 Å². The maximum atomic E-state index is 12.0. The monoisotopic (exact) mass is 296 g/mol. The average Bonchev–Trinajstić information content (AvgIpc) is 3.21. The van der Waals surface area contributed by atoms with E-state index < -0.39 is 9.84 Å². The Bertz CT molecular complexity index is 656. The number of hydrogen-bond donors (Lipinski definition) is 0. The minimum Gasteiger partial charge on any atom is -0.495 e. The van der Waals surface area contributed by atoms with E-state index >= 15 is 0 Å². The predicted octanol–water partition coefficient (Wildman–Crippen LogP) is 1.65. The van der Waals surface area contributed by atoms with Gasteiger partial charge in [0.2, 0.25) is 0 Å². The summed E-state index contributed by atoms with van der Waals surface area (Å²) < 4.78 is 28.3. The van der Waals surface area contributed by atoms with Crippen molar-refractivity contribution in [1.82, 2.24) is 0 Å². The van der Waals surface area contributed by atoms with Gasteiger partial charge in [-0.3, -0.25) is 9.59 Å². The van der Waals surface area contributed by atoms with Crippen LogP contribution in [-0.2, 0) is 14.6 Å². The molecule has 0 unspecified atom stereocenters. The SMILES string of the molecule is COc1ccc(C(=O)CC(=O)C2CC2)cc1S(C)(=O)=O. The van der Waals surface area contributed by atoms with Gasteiger partial charge in [-0.2, -0.15) is 0 Å². The van der Waals surface area contributed by atoms with Gasteiger partial charge < -0.3 is 4.74 Å². The Kier molecular flexibility index (Phi) is 3.94. The van der Waals surface area contributed by atoms with E-state index in [2.05, 4.69) is 0 Å². The van der Waals surface area contributed by atoms with E-state index in [9.17, 15) is 18.0 Å². The highest BCUT2D eigenvalue weighted by Gasteiger charge is 2.31. The van der Waals surface area contributed by atoms with Crippen LogP contribution in [0.15, 0.2) is 23.1 Å². The fourth-order valence-corrected chi connectivity index (χ4v) is 2.81. The molecule has 0 bridgehead atoms. The van der Waals surface area contributed by atoms with E-state index in [1.54, 1.807) is 0 Å². The van der Waals surface area contributed by atoms with E-state index in [0.717, 1.165) is 19.1 Å². The maximum Gasteiger partial charge on any atom is 0.179 e. The van der Waals surface area contributed by atoms with Gasteiger partial charge in [-0.05, 0) is 31.0 Å². The summed E-state index contributed by atoms with van der Waals surface area (Å²) in [5.41, 5.74) is 0.222. The quantitative estimate of drug-likeness (QED) is 0.589. The van der Waals surface area contributed by atoms with E-state index in [4.69, 9.17) is 4.74 Å². The molecule has 6 heteroatoms. The van der Waals surface area contributed by atoms with Crippen LogP contribution in [0.5, 0.6) is 5.75 Å². The summed E-state index contributed by atoms with van der Waals surface area (Å²) in [5.74, 6) is -0.203. The van der Waals surface area contributed by atoms with Crippen molar-refractivity contribution in [3.8, 4) is 5.75 Å². The van der Waals surface area contributed by atoms with Gasteiger partial charge in [-0.1, -0.05) is 0 Å². The zero-order valence-electron chi connectivity index (χ0n) is 11.4. The number of hydrogen-bond acceptors (Lipinski definition) is 5. The van der Waals surface area contributed by atoms with Crippen molar-refractivity contribution in [2.45, 2.75) is 24.2 Å². The zero-order chi connectivity index (χ0) is 14.9. The first-order chi connectivity index (χ1) is 9.32. The molecule has 0 saturated heterocycles. The smallest absolute Gasteiger partial charge is 0.179 e. The fourth-order valence-electron chi connectivity index (χ4n) is 1.95. The van der Waals surface area contributed by atoms with Crippen molar-refractivity contribution < 1.29 is 22.7 Å². The molecule has 1 aromatic rings. The standard InChI is InChI=1S/C14H16O5S/c1-19-13-6-5-10(7-14(13)20(2,17)18)12(16)8-11(15)9-3-4-9/h5-7,9H,3-4,8H2,1-2H3. The number of Topliss-reactive ketones (excluding diaryl/α,β-unsaturated/α-hetero) is 2. The van der Waals surface area contributed by atoms with E-state index in [1.807, 2.05) is 0 Å². The molecule has 1 saturated carbocycles. The normalized spacial score (nSPS) is 14.9. The number of sulfone groups is 1. The first-order valence-corrected chi connectivity index (χ1v) is 8.16. The van der Waals surface area contributed by atoms with Crippen LogP contribution >= 0.6 is 0 Å². The summed E-state index contributed by atoms with van der Waals surface area (Å²) in [4.78, 5) is 23.6. The van der Waals surface area contributed by atoms with Gasteiger partial charge in [-0.25, -0.2) is 8.42 Å². The second kappa shape index (κ2) is 5.36. The minimum atomic E-state index is -3.50. The van der Waals surface area contributed by atoms with Crippen LogP contribution in [0.2, 0.25) is 0 Å². The number of ether oxygens (including phenoxy) is 1. The van der Waals surface area contributed by atoms with Gasteiger partial charge in [-0.15, -0.1) is 0 Å². The number of rotatable bonds is 6. The van der Waals surface area contributed by atoms with Crippen molar-refractivity contribution in [2.24, 2.45) is 5.92 Å². The Morgan fingerprint density at radius 3 is 2.45 bits per heavy atom. The number of methoxy groups -OCH3 is 1. The van der Waals surface area contributed by atoms with Crippen molar-refractivity contribution in [1.29, 1.82) is 0 Å². The topological polar surface area (TPSA) is 77.5 Å². The molecule has 0 spiro atoms. The Labute approximate surface area is 117 Å². The van der Waals surface area contributed by atoms with Gasteiger partial charge in [0, 0.05) is 17.7 Å². The molecular weight excluding hydrogens is 280 g/mol. The van der Waals surface area contributed by atoms with Gasteiger partial charge >= 0.3 is 0 Å². The van der Waals surface area contributed by atoms with Crippen LogP contribution in [0.25, 0.3) is 0 Å². The largest absolute Gasteiger partial charge is 0.495 e. The van der Waals surface area contributed by atoms with Crippen molar-refractivity contribution in [2.75, 3.05) is 13.4 Å². The second-order valence-electron chi connectivity index (χ2n) is 4.98. The molecule has 5 nitrogen and oxygen atoms in total. The third kappa shape index (κ3) is 3.25. The van der Waals surface area contributed by atoms with E-state index in [1.165, 1.54) is 25.3 Å². The number of benzene rings is 1. The summed E-state index contributed by atoms with van der Waals surface area (Å²) in [6.07, 6.45) is 2.58. The van der Waals surface area contributed by atoms with Crippen LogP contribution in [0, 0.1) is 5.92 Å². The van der Waals surface area contributed by atoms with Crippen molar-refractivity contribution in [3.05, 3.63) is 23.8 Å². The molecule has 0 heterocycles. The van der Waals surface area contributed by atoms with Crippen molar-refractivity contribution in [3.63, 3.8) is 0 Å². The summed E-state index contributed by atoms with van der Waals surface area (Å²) in [6, 6.07) is 4.19. The Hall–Kier alpha value is -1.69. The van der Waals surface area contributed by atoms with Gasteiger partial charge in [0.05, 0.1) is 13.5 Å². The van der Waals surface area contributed by atoms with Crippen LogP contribution < -0.4 is 4.74 Å². The van der Waals surface area contributed by atoms with Crippen LogP contribution in [0.4, 0.5) is 0 Å². The first kappa shape index (κ1) is 14.7. The molecule has 1 aliphatic rings. The summed E-state index contributed by atoms with van der Waals surface area (Å²) in [7, 11) is -2.13.